The molecule has 0 saturated heterocycles. The molecule has 2 aromatic heterocycles. The lowest BCUT2D eigenvalue weighted by molar-refractivity contribution is 0.0698. The number of amides is 1. The highest BCUT2D eigenvalue weighted by atomic mass is 19.1. The first-order valence-electron chi connectivity index (χ1n) is 6.28. The first-order chi connectivity index (χ1) is 10.9. The molecule has 0 bridgehead atoms. The Labute approximate surface area is 127 Å². The van der Waals surface area contributed by atoms with Gasteiger partial charge < -0.3 is 10.4 Å². The van der Waals surface area contributed by atoms with Gasteiger partial charge in [-0.25, -0.2) is 23.1 Å². The molecule has 9 heteroatoms. The van der Waals surface area contributed by atoms with E-state index in [0.29, 0.717) is 6.07 Å². The molecule has 23 heavy (non-hydrogen) atoms. The molecule has 0 fully saturated rings. The molecule has 0 saturated carbocycles. The van der Waals surface area contributed by atoms with Crippen LogP contribution in [0.1, 0.15) is 20.7 Å². The van der Waals surface area contributed by atoms with E-state index in [1.165, 1.54) is 16.9 Å². The van der Waals surface area contributed by atoms with Crippen LogP contribution in [0.4, 0.5) is 14.5 Å². The Morgan fingerprint density at radius 2 is 1.83 bits per heavy atom. The van der Waals surface area contributed by atoms with Crippen molar-refractivity contribution in [3.05, 3.63) is 59.6 Å². The van der Waals surface area contributed by atoms with E-state index in [0.717, 1.165) is 18.3 Å². The Bertz CT molecular complexity index is 919. The van der Waals surface area contributed by atoms with E-state index < -0.39 is 23.5 Å². The van der Waals surface area contributed by atoms with E-state index in [4.69, 9.17) is 5.11 Å². The number of carboxylic acid groups (broad SMARTS) is 1. The second-order valence-electron chi connectivity index (χ2n) is 4.59. The molecule has 116 valence electrons. The predicted molar refractivity (Wildman–Crippen MR) is 74.3 cm³/mol. The number of anilines is 1. The van der Waals surface area contributed by atoms with Crippen molar-refractivity contribution in [1.29, 1.82) is 0 Å². The van der Waals surface area contributed by atoms with Gasteiger partial charge in [-0.15, -0.1) is 0 Å². The fraction of sp³-hybridized carbons (Fsp3) is 0. The minimum absolute atomic E-state index is 0.0879. The summed E-state index contributed by atoms with van der Waals surface area (Å²) in [4.78, 5) is 26.8. The number of benzene rings is 1. The molecule has 7 nitrogen and oxygen atoms in total. The van der Waals surface area contributed by atoms with Crippen molar-refractivity contribution in [2.75, 3.05) is 5.32 Å². The van der Waals surface area contributed by atoms with Crippen LogP contribution in [0, 0.1) is 11.6 Å². The molecule has 1 aromatic carbocycles. The fourth-order valence-corrected chi connectivity index (χ4v) is 1.98. The maximum atomic E-state index is 13.1. The minimum Gasteiger partial charge on any atom is -0.477 e. The number of hydrogen-bond acceptors (Lipinski definition) is 4. The van der Waals surface area contributed by atoms with E-state index >= 15 is 0 Å². The summed E-state index contributed by atoms with van der Waals surface area (Å²) in [5.74, 6) is -3.67. The van der Waals surface area contributed by atoms with Crippen LogP contribution in [0.3, 0.4) is 0 Å². The fourth-order valence-electron chi connectivity index (χ4n) is 1.98. The molecule has 0 aliphatic rings. The maximum Gasteiger partial charge on any atom is 0.341 e. The topological polar surface area (TPSA) is 96.6 Å². The Morgan fingerprint density at radius 3 is 2.48 bits per heavy atom. The summed E-state index contributed by atoms with van der Waals surface area (Å²) in [5, 5.41) is 15.2. The summed E-state index contributed by atoms with van der Waals surface area (Å²) in [6.07, 6.45) is 3.68. The number of fused-ring (bicyclic) bond motifs is 1. The maximum absolute atomic E-state index is 13.1. The van der Waals surface area contributed by atoms with Gasteiger partial charge in [-0.1, -0.05) is 0 Å². The van der Waals surface area contributed by atoms with Crippen molar-refractivity contribution < 1.29 is 23.5 Å². The van der Waals surface area contributed by atoms with Crippen LogP contribution in [0.15, 0.2) is 36.8 Å². The zero-order valence-corrected chi connectivity index (χ0v) is 11.3. The first-order valence-corrected chi connectivity index (χ1v) is 6.28. The van der Waals surface area contributed by atoms with Crippen molar-refractivity contribution in [3.8, 4) is 0 Å². The monoisotopic (exact) mass is 318 g/mol. The van der Waals surface area contributed by atoms with Crippen molar-refractivity contribution in [3.63, 3.8) is 0 Å². The van der Waals surface area contributed by atoms with Crippen molar-refractivity contribution in [1.82, 2.24) is 14.6 Å². The number of halogens is 2. The second kappa shape index (κ2) is 5.44. The van der Waals surface area contributed by atoms with Gasteiger partial charge in [0.05, 0.1) is 24.3 Å². The first kappa shape index (κ1) is 14.6. The zero-order valence-electron chi connectivity index (χ0n) is 11.3. The number of nitrogens with one attached hydrogen (secondary N) is 1. The van der Waals surface area contributed by atoms with Crippen LogP contribution in [0.5, 0.6) is 0 Å². The number of hydrogen-bond donors (Lipinski definition) is 2. The third kappa shape index (κ3) is 2.84. The lowest BCUT2D eigenvalue weighted by atomic mass is 10.2. The summed E-state index contributed by atoms with van der Waals surface area (Å²) in [7, 11) is 0. The second-order valence-corrected chi connectivity index (χ2v) is 4.59. The number of rotatable bonds is 3. The average Bonchev–Trinajstić information content (AvgIpc) is 2.89. The van der Waals surface area contributed by atoms with Crippen LogP contribution < -0.4 is 5.32 Å². The molecule has 0 spiro atoms. The van der Waals surface area contributed by atoms with E-state index in [-0.39, 0.29) is 22.5 Å². The minimum atomic E-state index is -1.18. The van der Waals surface area contributed by atoms with Gasteiger partial charge in [0.1, 0.15) is 17.2 Å². The van der Waals surface area contributed by atoms with Gasteiger partial charge in [0, 0.05) is 11.6 Å². The van der Waals surface area contributed by atoms with Crippen molar-refractivity contribution in [2.24, 2.45) is 0 Å². The summed E-state index contributed by atoms with van der Waals surface area (Å²) in [6.45, 7) is 0. The highest BCUT2D eigenvalue weighted by Gasteiger charge is 2.14. The zero-order chi connectivity index (χ0) is 16.6. The van der Waals surface area contributed by atoms with Crippen molar-refractivity contribution >= 4 is 23.2 Å². The van der Waals surface area contributed by atoms with Crippen LogP contribution in [0.25, 0.3) is 5.65 Å². The average molecular weight is 318 g/mol. The molecular formula is C14H8F2N4O3. The highest BCUT2D eigenvalue weighted by molar-refractivity contribution is 6.04. The Morgan fingerprint density at radius 1 is 1.13 bits per heavy atom. The summed E-state index contributed by atoms with van der Waals surface area (Å²) in [5.41, 5.74) is 0.00359. The van der Waals surface area contributed by atoms with Gasteiger partial charge in [-0.2, -0.15) is 5.10 Å². The van der Waals surface area contributed by atoms with E-state index in [1.54, 1.807) is 0 Å². The van der Waals surface area contributed by atoms with Gasteiger partial charge in [0.25, 0.3) is 5.91 Å². The molecule has 2 heterocycles. The third-order valence-electron chi connectivity index (χ3n) is 2.97. The van der Waals surface area contributed by atoms with Crippen LogP contribution in [0.2, 0.25) is 0 Å². The molecule has 0 unspecified atom stereocenters. The van der Waals surface area contributed by atoms with Gasteiger partial charge in [-0.3, -0.25) is 4.79 Å². The van der Waals surface area contributed by atoms with Gasteiger partial charge >= 0.3 is 5.97 Å². The predicted octanol–water partition coefficient (Wildman–Crippen LogP) is 1.96. The molecule has 0 radical (unpaired) electrons. The van der Waals surface area contributed by atoms with Gasteiger partial charge in [0.2, 0.25) is 0 Å². The number of carbonyl (C=O) groups excluding carboxylic acids is 1. The number of aromatic nitrogens is 3. The van der Waals surface area contributed by atoms with Gasteiger partial charge in [-0.05, 0) is 12.1 Å². The molecule has 1 amide bonds. The quantitative estimate of drug-likeness (QED) is 0.769. The van der Waals surface area contributed by atoms with E-state index in [9.17, 15) is 18.4 Å². The highest BCUT2D eigenvalue weighted by Crippen LogP contribution is 2.14. The molecule has 0 aliphatic heterocycles. The largest absolute Gasteiger partial charge is 0.477 e. The third-order valence-corrected chi connectivity index (χ3v) is 2.97. The lowest BCUT2D eigenvalue weighted by Crippen LogP contribution is -2.13. The molecule has 0 aliphatic carbocycles. The number of nitrogens with zero attached hydrogens (tertiary/aromatic N) is 3. The number of aromatic carboxylic acids is 1. The Balaban J connectivity index is 1.89. The van der Waals surface area contributed by atoms with Crippen LogP contribution >= 0.6 is 0 Å². The summed E-state index contributed by atoms with van der Waals surface area (Å²) in [6, 6.07) is 2.43. The molecule has 3 aromatic rings. The Kier molecular flexibility index (Phi) is 3.45. The smallest absolute Gasteiger partial charge is 0.341 e. The molecule has 0 atom stereocenters. The Hall–Kier alpha value is -3.36. The lowest BCUT2D eigenvalue weighted by Gasteiger charge is -2.06. The molecular weight excluding hydrogens is 310 g/mol. The standard InChI is InChI=1S/C14H8F2N4O3/c15-8-1-7(2-9(16)3-8)13(21)19-10-4-17-12-11(14(22)23)5-18-20(12)6-10/h1-6H,(H,19,21)(H,22,23). The summed E-state index contributed by atoms with van der Waals surface area (Å²) >= 11 is 0. The van der Waals surface area contributed by atoms with Crippen LogP contribution in [-0.2, 0) is 0 Å². The SMILES string of the molecule is O=C(Nc1cnc2c(C(=O)O)cnn2c1)c1cc(F)cc(F)c1. The number of carbonyl (C=O) groups is 2. The van der Waals surface area contributed by atoms with E-state index in [2.05, 4.69) is 15.4 Å². The molecule has 2 N–H and O–H groups in total. The van der Waals surface area contributed by atoms with Crippen LogP contribution in [-0.4, -0.2) is 31.6 Å². The van der Waals surface area contributed by atoms with Crippen molar-refractivity contribution in [2.45, 2.75) is 0 Å². The normalized spacial score (nSPS) is 10.7. The van der Waals surface area contributed by atoms with E-state index in [1.807, 2.05) is 0 Å². The summed E-state index contributed by atoms with van der Waals surface area (Å²) < 4.78 is 27.4. The number of carboxylic acids is 1. The van der Waals surface area contributed by atoms with Gasteiger partial charge in [0.15, 0.2) is 5.65 Å². The molecule has 3 rings (SSSR count).